The van der Waals surface area contributed by atoms with Gasteiger partial charge >= 0.3 is 5.97 Å². The van der Waals surface area contributed by atoms with Crippen molar-refractivity contribution in [2.24, 2.45) is 18.0 Å². The molecule has 4 aromatic rings. The molecular formula is C27H28N4O6S2. The number of nitrogens with one attached hydrogen (secondary N) is 1. The summed E-state index contributed by atoms with van der Waals surface area (Å²) in [6, 6.07) is 11.8. The molecule has 3 heterocycles. The van der Waals surface area contributed by atoms with Gasteiger partial charge in [0.05, 0.1) is 28.6 Å². The van der Waals surface area contributed by atoms with Gasteiger partial charge in [-0.05, 0) is 42.8 Å². The molecule has 2 atom stereocenters. The standard InChI is InChI=1S/C27H28N4O6S2/c1-4-20(27(32)33)23-14-29-26(38-23)21-12-16-11-18(37-17-5-7-19(8-6-17)39(3,34)35)13-22(25(16)30-21)36-15-24-28-9-10-31(24)2/h5-13,20,23,30H,4,14-15H2,1-3H3,(H,32,33). The molecule has 2 aromatic heterocycles. The van der Waals surface area contributed by atoms with Gasteiger partial charge in [-0.25, -0.2) is 13.4 Å². The maximum absolute atomic E-state index is 11.8. The molecule has 5 rings (SSSR count). The van der Waals surface area contributed by atoms with Gasteiger partial charge in [-0.15, -0.1) is 0 Å². The van der Waals surface area contributed by atoms with Gasteiger partial charge in [0.1, 0.15) is 34.7 Å². The summed E-state index contributed by atoms with van der Waals surface area (Å²) in [7, 11) is -1.43. The largest absolute Gasteiger partial charge is 0.483 e. The van der Waals surface area contributed by atoms with Gasteiger partial charge in [0.15, 0.2) is 9.84 Å². The number of hydrogen-bond acceptors (Lipinski definition) is 8. The van der Waals surface area contributed by atoms with Gasteiger partial charge in [-0.3, -0.25) is 9.79 Å². The number of carboxylic acids is 1. The predicted molar refractivity (Wildman–Crippen MR) is 150 cm³/mol. The Morgan fingerprint density at radius 1 is 1.23 bits per heavy atom. The van der Waals surface area contributed by atoms with Crippen LogP contribution in [0.5, 0.6) is 17.2 Å². The number of aliphatic carboxylic acids is 1. The van der Waals surface area contributed by atoms with Crippen molar-refractivity contribution in [3.63, 3.8) is 0 Å². The average Bonchev–Trinajstić information content (AvgIpc) is 3.62. The Balaban J connectivity index is 1.46. The summed E-state index contributed by atoms with van der Waals surface area (Å²) in [6.07, 6.45) is 5.24. The number of ether oxygens (including phenoxy) is 2. The Labute approximate surface area is 230 Å². The number of nitrogens with zero attached hydrogens (tertiary/aromatic N) is 3. The van der Waals surface area contributed by atoms with Crippen LogP contribution in [0.2, 0.25) is 0 Å². The maximum Gasteiger partial charge on any atom is 0.307 e. The first kappa shape index (κ1) is 26.8. The van der Waals surface area contributed by atoms with Crippen molar-refractivity contribution in [2.75, 3.05) is 12.8 Å². The number of aryl methyl sites for hydroxylation is 1. The maximum atomic E-state index is 11.8. The lowest BCUT2D eigenvalue weighted by Crippen LogP contribution is -2.26. The highest BCUT2D eigenvalue weighted by Gasteiger charge is 2.32. The van der Waals surface area contributed by atoms with Gasteiger partial charge in [0.25, 0.3) is 0 Å². The van der Waals surface area contributed by atoms with Gasteiger partial charge in [0.2, 0.25) is 0 Å². The highest BCUT2D eigenvalue weighted by molar-refractivity contribution is 8.15. The zero-order valence-corrected chi connectivity index (χ0v) is 23.3. The Morgan fingerprint density at radius 2 is 2.00 bits per heavy atom. The van der Waals surface area contributed by atoms with Crippen molar-refractivity contribution in [3.8, 4) is 17.2 Å². The summed E-state index contributed by atoms with van der Waals surface area (Å²) in [5.74, 6) is 0.999. The van der Waals surface area contributed by atoms with Crippen LogP contribution in [-0.4, -0.2) is 57.1 Å². The van der Waals surface area contributed by atoms with Crippen LogP contribution in [0, 0.1) is 5.92 Å². The van der Waals surface area contributed by atoms with Crippen molar-refractivity contribution in [1.82, 2.24) is 14.5 Å². The highest BCUT2D eigenvalue weighted by atomic mass is 32.2. The molecule has 0 bridgehead atoms. The van der Waals surface area contributed by atoms with E-state index in [1.54, 1.807) is 24.4 Å². The van der Waals surface area contributed by atoms with E-state index in [0.717, 1.165) is 33.7 Å². The topological polar surface area (TPSA) is 136 Å². The van der Waals surface area contributed by atoms with Gasteiger partial charge < -0.3 is 24.1 Å². The van der Waals surface area contributed by atoms with Crippen LogP contribution in [0.1, 0.15) is 24.9 Å². The monoisotopic (exact) mass is 568 g/mol. The minimum Gasteiger partial charge on any atom is -0.483 e. The Hall–Kier alpha value is -3.77. The number of thioether (sulfide) groups is 1. The number of aromatic amines is 1. The summed E-state index contributed by atoms with van der Waals surface area (Å²) < 4.78 is 37.7. The second kappa shape index (κ2) is 10.8. The molecule has 2 N–H and O–H groups in total. The SMILES string of the molecule is CCC(C(=O)O)C1CN=C(c2cc3cc(Oc4ccc(S(C)(=O)=O)cc4)cc(OCc4nccn4C)c3[nH]2)S1. The molecule has 0 saturated carbocycles. The molecule has 2 aromatic carbocycles. The summed E-state index contributed by atoms with van der Waals surface area (Å²) >= 11 is 1.47. The van der Waals surface area contributed by atoms with E-state index in [4.69, 9.17) is 9.47 Å². The number of benzene rings is 2. The first-order valence-electron chi connectivity index (χ1n) is 12.3. The first-order valence-corrected chi connectivity index (χ1v) is 15.1. The molecule has 1 aliphatic heterocycles. The second-order valence-electron chi connectivity index (χ2n) is 9.31. The van der Waals surface area contributed by atoms with E-state index in [0.29, 0.717) is 30.2 Å². The number of carbonyl (C=O) groups is 1. The van der Waals surface area contributed by atoms with E-state index in [-0.39, 0.29) is 16.8 Å². The third kappa shape index (κ3) is 5.81. The lowest BCUT2D eigenvalue weighted by atomic mass is 10.0. The zero-order chi connectivity index (χ0) is 27.7. The normalized spacial score (nSPS) is 16.3. The molecule has 0 amide bonds. The number of sulfone groups is 1. The molecule has 204 valence electrons. The predicted octanol–water partition coefficient (Wildman–Crippen LogP) is 4.65. The minimum atomic E-state index is -3.32. The van der Waals surface area contributed by atoms with Crippen LogP contribution < -0.4 is 9.47 Å². The fraction of sp³-hybridized carbons (Fsp3) is 0.296. The average molecular weight is 569 g/mol. The van der Waals surface area contributed by atoms with Crippen LogP contribution in [0.25, 0.3) is 10.9 Å². The lowest BCUT2D eigenvalue weighted by molar-refractivity contribution is -0.141. The van der Waals surface area contributed by atoms with Crippen molar-refractivity contribution < 1.29 is 27.8 Å². The molecule has 0 saturated heterocycles. The number of aliphatic imine (C=N–C) groups is 1. The number of rotatable bonds is 10. The van der Waals surface area contributed by atoms with E-state index < -0.39 is 21.7 Å². The molecule has 10 nitrogen and oxygen atoms in total. The summed E-state index contributed by atoms with van der Waals surface area (Å²) in [5, 5.41) is 11.0. The Kier molecular flexibility index (Phi) is 7.41. The van der Waals surface area contributed by atoms with E-state index in [1.807, 2.05) is 36.9 Å². The molecule has 0 spiro atoms. The molecule has 1 aliphatic rings. The second-order valence-corrected chi connectivity index (χ2v) is 12.6. The molecule has 12 heteroatoms. The van der Waals surface area contributed by atoms with Crippen LogP contribution in [0.4, 0.5) is 0 Å². The molecule has 0 radical (unpaired) electrons. The number of carboxylic acid groups (broad SMARTS) is 1. The summed E-state index contributed by atoms with van der Waals surface area (Å²) in [4.78, 5) is 24.2. The fourth-order valence-corrected chi connectivity index (χ4v) is 6.31. The van der Waals surface area contributed by atoms with Crippen LogP contribution in [-0.2, 0) is 28.3 Å². The zero-order valence-electron chi connectivity index (χ0n) is 21.6. The van der Waals surface area contributed by atoms with Crippen molar-refractivity contribution in [3.05, 3.63) is 66.4 Å². The summed E-state index contributed by atoms with van der Waals surface area (Å²) in [6.45, 7) is 2.55. The number of aromatic nitrogens is 3. The fourth-order valence-electron chi connectivity index (χ4n) is 4.39. The minimum absolute atomic E-state index is 0.123. The van der Waals surface area contributed by atoms with Crippen LogP contribution in [0.15, 0.2) is 64.7 Å². The Bertz CT molecular complexity index is 1660. The van der Waals surface area contributed by atoms with Crippen molar-refractivity contribution in [2.45, 2.75) is 30.1 Å². The first-order chi connectivity index (χ1) is 18.6. The lowest BCUT2D eigenvalue weighted by Gasteiger charge is -2.15. The molecule has 0 fully saturated rings. The number of imidazole rings is 1. The third-order valence-electron chi connectivity index (χ3n) is 6.55. The Morgan fingerprint density at radius 3 is 2.64 bits per heavy atom. The molecule has 39 heavy (non-hydrogen) atoms. The van der Waals surface area contributed by atoms with Gasteiger partial charge in [-0.1, -0.05) is 18.7 Å². The third-order valence-corrected chi connectivity index (χ3v) is 9.03. The van der Waals surface area contributed by atoms with E-state index in [2.05, 4.69) is 15.0 Å². The van der Waals surface area contributed by atoms with Crippen molar-refractivity contribution >= 4 is 43.5 Å². The van der Waals surface area contributed by atoms with E-state index >= 15 is 0 Å². The molecule has 2 unspecified atom stereocenters. The van der Waals surface area contributed by atoms with E-state index in [1.165, 1.54) is 23.9 Å². The summed E-state index contributed by atoms with van der Waals surface area (Å²) in [5.41, 5.74) is 1.52. The van der Waals surface area contributed by atoms with E-state index in [9.17, 15) is 18.3 Å². The van der Waals surface area contributed by atoms with Crippen LogP contribution >= 0.6 is 11.8 Å². The number of H-pyrrole nitrogens is 1. The van der Waals surface area contributed by atoms with Crippen molar-refractivity contribution in [1.29, 1.82) is 0 Å². The number of hydrogen-bond donors (Lipinski definition) is 2. The smallest absolute Gasteiger partial charge is 0.307 e. The molecule has 0 aliphatic carbocycles. The number of fused-ring (bicyclic) bond motifs is 1. The van der Waals surface area contributed by atoms with Gasteiger partial charge in [0, 0.05) is 42.4 Å². The quantitative estimate of drug-likeness (QED) is 0.282. The van der Waals surface area contributed by atoms with Crippen LogP contribution in [0.3, 0.4) is 0 Å². The van der Waals surface area contributed by atoms with Gasteiger partial charge in [-0.2, -0.15) is 0 Å². The molecular weight excluding hydrogens is 540 g/mol. The highest BCUT2D eigenvalue weighted by Crippen LogP contribution is 2.37.